The van der Waals surface area contributed by atoms with Crippen LogP contribution in [0.4, 0.5) is 13.2 Å². The average molecular weight is 292 g/mol. The molecule has 2 aliphatic rings. The molecule has 0 bridgehead atoms. The van der Waals surface area contributed by atoms with E-state index in [4.69, 9.17) is 5.73 Å². The Bertz CT molecular complexity index is 373. The summed E-state index contributed by atoms with van der Waals surface area (Å²) in [5.41, 5.74) is 5.76. The lowest BCUT2D eigenvalue weighted by Crippen LogP contribution is -2.65. The molecule has 6 heteroatoms. The summed E-state index contributed by atoms with van der Waals surface area (Å²) < 4.78 is 37.7. The number of nitrogens with two attached hydrogens (primary N) is 1. The van der Waals surface area contributed by atoms with Gasteiger partial charge in [-0.1, -0.05) is 13.8 Å². The molecule has 20 heavy (non-hydrogen) atoms. The van der Waals surface area contributed by atoms with Crippen LogP contribution in [0.15, 0.2) is 0 Å². The van der Waals surface area contributed by atoms with Crippen molar-refractivity contribution in [2.45, 2.75) is 64.2 Å². The number of rotatable bonds is 2. The van der Waals surface area contributed by atoms with Crippen molar-refractivity contribution in [3.05, 3.63) is 0 Å². The van der Waals surface area contributed by atoms with Crippen LogP contribution in [-0.4, -0.2) is 24.2 Å². The summed E-state index contributed by atoms with van der Waals surface area (Å²) in [6, 6.07) is 0.124. The van der Waals surface area contributed by atoms with E-state index in [0.29, 0.717) is 12.8 Å². The second-order valence-corrected chi connectivity index (χ2v) is 6.81. The summed E-state index contributed by atoms with van der Waals surface area (Å²) in [4.78, 5) is 12.1. The van der Waals surface area contributed by atoms with Gasteiger partial charge >= 0.3 is 6.18 Å². The van der Waals surface area contributed by atoms with E-state index in [-0.39, 0.29) is 42.2 Å². The molecule has 0 heterocycles. The highest BCUT2D eigenvalue weighted by Crippen LogP contribution is 2.41. The van der Waals surface area contributed by atoms with Gasteiger partial charge in [-0.3, -0.25) is 4.79 Å². The van der Waals surface area contributed by atoms with Gasteiger partial charge in [0, 0.05) is 23.4 Å². The van der Waals surface area contributed by atoms with Gasteiger partial charge in [0.2, 0.25) is 5.91 Å². The number of amides is 1. The first kappa shape index (κ1) is 15.6. The number of hydrogen-bond donors (Lipinski definition) is 2. The van der Waals surface area contributed by atoms with Gasteiger partial charge in [-0.15, -0.1) is 0 Å². The zero-order valence-electron chi connectivity index (χ0n) is 12.0. The molecular weight excluding hydrogens is 269 g/mol. The second-order valence-electron chi connectivity index (χ2n) is 6.81. The van der Waals surface area contributed by atoms with Crippen molar-refractivity contribution in [2.75, 3.05) is 0 Å². The minimum absolute atomic E-state index is 0.0466. The standard InChI is InChI=1S/C14H23F3N2O/c1-13(2)10(18)7-11(13)19-12(20)8-3-5-9(6-4-8)14(15,16)17/h8-11H,3-7,18H2,1-2H3,(H,19,20). The van der Waals surface area contributed by atoms with Crippen LogP contribution >= 0.6 is 0 Å². The van der Waals surface area contributed by atoms with Gasteiger partial charge in [0.1, 0.15) is 0 Å². The smallest absolute Gasteiger partial charge is 0.352 e. The molecule has 2 atom stereocenters. The highest BCUT2D eigenvalue weighted by Gasteiger charge is 2.48. The van der Waals surface area contributed by atoms with Crippen LogP contribution in [0.3, 0.4) is 0 Å². The van der Waals surface area contributed by atoms with Crippen molar-refractivity contribution < 1.29 is 18.0 Å². The fraction of sp³-hybridized carbons (Fsp3) is 0.929. The average Bonchev–Trinajstić information content (AvgIpc) is 2.37. The molecule has 2 saturated carbocycles. The Morgan fingerprint density at radius 2 is 1.75 bits per heavy atom. The van der Waals surface area contributed by atoms with Gasteiger partial charge in [-0.05, 0) is 32.1 Å². The summed E-state index contributed by atoms with van der Waals surface area (Å²) in [5, 5.41) is 2.96. The Hall–Kier alpha value is -0.780. The maximum absolute atomic E-state index is 12.6. The van der Waals surface area contributed by atoms with Gasteiger partial charge < -0.3 is 11.1 Å². The van der Waals surface area contributed by atoms with E-state index in [1.54, 1.807) is 0 Å². The third-order valence-electron chi connectivity index (χ3n) is 5.22. The Balaban J connectivity index is 1.81. The number of hydrogen-bond acceptors (Lipinski definition) is 2. The van der Waals surface area contributed by atoms with Crippen molar-refractivity contribution in [1.82, 2.24) is 5.32 Å². The first-order chi connectivity index (χ1) is 9.12. The van der Waals surface area contributed by atoms with Crippen molar-refractivity contribution in [2.24, 2.45) is 23.0 Å². The molecule has 3 nitrogen and oxygen atoms in total. The normalized spacial score (nSPS) is 37.1. The van der Waals surface area contributed by atoms with E-state index in [1.807, 2.05) is 13.8 Å². The summed E-state index contributed by atoms with van der Waals surface area (Å²) in [6.45, 7) is 4.01. The summed E-state index contributed by atoms with van der Waals surface area (Å²) in [5.74, 6) is -1.61. The monoisotopic (exact) mass is 292 g/mol. The lowest BCUT2D eigenvalue weighted by atomic mass is 9.63. The molecule has 0 saturated heterocycles. The first-order valence-corrected chi connectivity index (χ1v) is 7.25. The number of carbonyl (C=O) groups is 1. The van der Waals surface area contributed by atoms with E-state index in [9.17, 15) is 18.0 Å². The van der Waals surface area contributed by atoms with Gasteiger partial charge in [-0.2, -0.15) is 13.2 Å². The summed E-state index contributed by atoms with van der Waals surface area (Å²) in [7, 11) is 0. The third-order valence-corrected chi connectivity index (χ3v) is 5.22. The third kappa shape index (κ3) is 2.95. The van der Waals surface area contributed by atoms with Crippen molar-refractivity contribution >= 4 is 5.91 Å². The molecule has 3 N–H and O–H groups in total. The Kier molecular flexibility index (Phi) is 4.06. The second kappa shape index (κ2) is 5.20. The lowest BCUT2D eigenvalue weighted by Gasteiger charge is -2.50. The zero-order valence-corrected chi connectivity index (χ0v) is 12.0. The Morgan fingerprint density at radius 3 is 2.15 bits per heavy atom. The van der Waals surface area contributed by atoms with Crippen LogP contribution < -0.4 is 11.1 Å². The molecule has 0 aromatic rings. The van der Waals surface area contributed by atoms with Gasteiger partial charge in [0.15, 0.2) is 0 Å². The van der Waals surface area contributed by atoms with E-state index in [2.05, 4.69) is 5.32 Å². The largest absolute Gasteiger partial charge is 0.391 e. The minimum atomic E-state index is -4.12. The maximum atomic E-state index is 12.6. The van der Waals surface area contributed by atoms with Gasteiger partial charge in [0.25, 0.3) is 0 Å². The fourth-order valence-electron chi connectivity index (χ4n) is 3.18. The van der Waals surface area contributed by atoms with Gasteiger partial charge in [0.05, 0.1) is 5.92 Å². The Morgan fingerprint density at radius 1 is 1.20 bits per heavy atom. The number of carbonyl (C=O) groups excluding carboxylic acids is 1. The predicted octanol–water partition coefficient (Wildman–Crippen LogP) is 2.60. The summed E-state index contributed by atoms with van der Waals surface area (Å²) >= 11 is 0. The predicted molar refractivity (Wildman–Crippen MR) is 69.8 cm³/mol. The Labute approximate surface area is 117 Å². The van der Waals surface area contributed by atoms with E-state index >= 15 is 0 Å². The molecule has 2 rings (SSSR count). The molecule has 116 valence electrons. The summed E-state index contributed by atoms with van der Waals surface area (Å²) in [6.07, 6.45) is -2.59. The molecule has 0 aromatic carbocycles. The first-order valence-electron chi connectivity index (χ1n) is 7.25. The molecule has 0 radical (unpaired) electrons. The molecule has 2 unspecified atom stereocenters. The van der Waals surface area contributed by atoms with Crippen LogP contribution in [0, 0.1) is 17.3 Å². The van der Waals surface area contributed by atoms with Crippen LogP contribution in [0.1, 0.15) is 46.0 Å². The molecule has 2 fully saturated rings. The van der Waals surface area contributed by atoms with Crippen molar-refractivity contribution in [3.63, 3.8) is 0 Å². The number of alkyl halides is 3. The highest BCUT2D eigenvalue weighted by molar-refractivity contribution is 5.79. The topological polar surface area (TPSA) is 55.1 Å². The van der Waals surface area contributed by atoms with Crippen LogP contribution in [0.25, 0.3) is 0 Å². The molecule has 2 aliphatic carbocycles. The molecule has 0 spiro atoms. The van der Waals surface area contributed by atoms with E-state index in [1.165, 1.54) is 0 Å². The van der Waals surface area contributed by atoms with Crippen LogP contribution in [0.5, 0.6) is 0 Å². The molecule has 0 aliphatic heterocycles. The minimum Gasteiger partial charge on any atom is -0.352 e. The SMILES string of the molecule is CC1(C)C(N)CC1NC(=O)C1CCC(C(F)(F)F)CC1. The molecule has 0 aromatic heterocycles. The van der Waals surface area contributed by atoms with Crippen molar-refractivity contribution in [1.29, 1.82) is 0 Å². The fourth-order valence-corrected chi connectivity index (χ4v) is 3.18. The zero-order chi connectivity index (χ0) is 15.1. The molecular formula is C14H23F3N2O. The number of halogens is 3. The van der Waals surface area contributed by atoms with Crippen molar-refractivity contribution in [3.8, 4) is 0 Å². The maximum Gasteiger partial charge on any atom is 0.391 e. The lowest BCUT2D eigenvalue weighted by molar-refractivity contribution is -0.184. The highest BCUT2D eigenvalue weighted by atomic mass is 19.4. The number of nitrogens with one attached hydrogen (secondary N) is 1. The van der Waals surface area contributed by atoms with E-state index < -0.39 is 12.1 Å². The molecule has 1 amide bonds. The quantitative estimate of drug-likeness (QED) is 0.822. The van der Waals surface area contributed by atoms with Crippen LogP contribution in [-0.2, 0) is 4.79 Å². The van der Waals surface area contributed by atoms with E-state index in [0.717, 1.165) is 6.42 Å². The van der Waals surface area contributed by atoms with Crippen LogP contribution in [0.2, 0.25) is 0 Å². The van der Waals surface area contributed by atoms with Gasteiger partial charge in [-0.25, -0.2) is 0 Å².